The topological polar surface area (TPSA) is 48.5 Å². The summed E-state index contributed by atoms with van der Waals surface area (Å²) in [4.78, 5) is 21.3. The lowest BCUT2D eigenvalue weighted by Crippen LogP contribution is -2.50. The smallest absolute Gasteiger partial charge is 0.226 e. The fraction of sp³-hybridized carbons (Fsp3) is 0.733. The quantitative estimate of drug-likeness (QED) is 0.858. The Morgan fingerprint density at radius 3 is 2.71 bits per heavy atom. The van der Waals surface area contributed by atoms with E-state index in [1.165, 1.54) is 10.7 Å². The Morgan fingerprint density at radius 2 is 2.14 bits per heavy atom. The van der Waals surface area contributed by atoms with Gasteiger partial charge in [0.1, 0.15) is 0 Å². The number of nitrogens with zero attached hydrogens (tertiary/aromatic N) is 3. The minimum absolute atomic E-state index is 0.0622. The van der Waals surface area contributed by atoms with Crippen LogP contribution in [0.25, 0.3) is 0 Å². The lowest BCUT2D eigenvalue weighted by atomic mass is 10.1. The van der Waals surface area contributed by atoms with Gasteiger partial charge in [0.2, 0.25) is 5.91 Å². The molecule has 1 N–H and O–H groups in total. The Bertz CT molecular complexity index is 454. The van der Waals surface area contributed by atoms with Gasteiger partial charge in [-0.2, -0.15) is 0 Å². The predicted molar refractivity (Wildman–Crippen MR) is 86.4 cm³/mol. The third-order valence-electron chi connectivity index (χ3n) is 3.90. The van der Waals surface area contributed by atoms with Crippen molar-refractivity contribution in [2.75, 3.05) is 39.8 Å². The number of carbonyl (C=O) groups excluding carboxylic acids is 1. The van der Waals surface area contributed by atoms with E-state index in [0.717, 1.165) is 45.7 Å². The van der Waals surface area contributed by atoms with Gasteiger partial charge in [-0.3, -0.25) is 9.69 Å². The molecular weight excluding hydrogens is 284 g/mol. The summed E-state index contributed by atoms with van der Waals surface area (Å²) in [6.07, 6.45) is 1.01. The zero-order valence-electron chi connectivity index (χ0n) is 13.3. The molecule has 1 atom stereocenters. The monoisotopic (exact) mass is 310 g/mol. The minimum atomic E-state index is 0.0622. The highest BCUT2D eigenvalue weighted by Crippen LogP contribution is 2.14. The summed E-state index contributed by atoms with van der Waals surface area (Å²) in [6, 6.07) is 0. The summed E-state index contributed by atoms with van der Waals surface area (Å²) in [7, 11) is 1.89. The highest BCUT2D eigenvalue weighted by molar-refractivity contribution is 7.09. The van der Waals surface area contributed by atoms with Crippen molar-refractivity contribution in [2.45, 2.75) is 26.8 Å². The van der Waals surface area contributed by atoms with Crippen molar-refractivity contribution in [2.24, 2.45) is 5.92 Å². The largest absolute Gasteiger partial charge is 0.340 e. The number of aromatic nitrogens is 1. The zero-order valence-corrected chi connectivity index (χ0v) is 14.1. The van der Waals surface area contributed by atoms with Crippen LogP contribution >= 0.6 is 11.3 Å². The van der Waals surface area contributed by atoms with E-state index in [0.29, 0.717) is 0 Å². The molecule has 0 bridgehead atoms. The van der Waals surface area contributed by atoms with Crippen LogP contribution in [0.4, 0.5) is 0 Å². The van der Waals surface area contributed by atoms with E-state index in [9.17, 15) is 4.79 Å². The Morgan fingerprint density at radius 1 is 1.43 bits per heavy atom. The molecular formula is C15H26N4OS. The Hall–Kier alpha value is -0.980. The molecule has 0 aliphatic carbocycles. The lowest BCUT2D eigenvalue weighted by molar-refractivity contribution is -0.136. The van der Waals surface area contributed by atoms with Crippen molar-refractivity contribution in [3.63, 3.8) is 0 Å². The van der Waals surface area contributed by atoms with Crippen LogP contribution in [0.2, 0.25) is 0 Å². The van der Waals surface area contributed by atoms with Crippen LogP contribution in [0, 0.1) is 5.92 Å². The third-order valence-corrected chi connectivity index (χ3v) is 4.95. The van der Waals surface area contributed by atoms with E-state index in [4.69, 9.17) is 0 Å². The molecule has 1 aromatic heterocycles. The summed E-state index contributed by atoms with van der Waals surface area (Å²) < 4.78 is 0. The van der Waals surface area contributed by atoms with E-state index in [1.54, 1.807) is 11.3 Å². The predicted octanol–water partition coefficient (Wildman–Crippen LogP) is 1.21. The highest BCUT2D eigenvalue weighted by Gasteiger charge is 2.24. The number of aryl methyl sites for hydroxylation is 1. The Balaban J connectivity index is 1.79. The maximum Gasteiger partial charge on any atom is 0.226 e. The van der Waals surface area contributed by atoms with Crippen LogP contribution in [-0.2, 0) is 17.8 Å². The van der Waals surface area contributed by atoms with Gasteiger partial charge < -0.3 is 10.2 Å². The van der Waals surface area contributed by atoms with Gasteiger partial charge in [0.05, 0.1) is 10.7 Å². The number of thiazole rings is 1. The number of carbonyl (C=O) groups is 1. The summed E-state index contributed by atoms with van der Waals surface area (Å²) >= 11 is 1.74. The maximum atomic E-state index is 12.3. The van der Waals surface area contributed by atoms with Gasteiger partial charge in [0.15, 0.2) is 0 Å². The summed E-state index contributed by atoms with van der Waals surface area (Å²) in [6.45, 7) is 9.33. The van der Waals surface area contributed by atoms with Crippen LogP contribution < -0.4 is 5.32 Å². The van der Waals surface area contributed by atoms with Crippen LogP contribution in [0.1, 0.15) is 24.5 Å². The van der Waals surface area contributed by atoms with Gasteiger partial charge in [-0.05, 0) is 13.5 Å². The average molecular weight is 310 g/mol. The summed E-state index contributed by atoms with van der Waals surface area (Å²) in [5.41, 5.74) is 1.17. The van der Waals surface area contributed by atoms with E-state index in [-0.39, 0.29) is 11.8 Å². The Labute approximate surface area is 131 Å². The Kier molecular flexibility index (Phi) is 6.14. The molecule has 6 heteroatoms. The molecule has 1 amide bonds. The molecule has 1 saturated heterocycles. The van der Waals surface area contributed by atoms with Crippen LogP contribution in [0.5, 0.6) is 0 Å². The number of hydrogen-bond acceptors (Lipinski definition) is 5. The molecule has 0 radical (unpaired) electrons. The number of amides is 1. The third kappa shape index (κ3) is 4.49. The molecule has 5 nitrogen and oxygen atoms in total. The maximum absolute atomic E-state index is 12.3. The molecule has 2 rings (SSSR count). The van der Waals surface area contributed by atoms with Crippen molar-refractivity contribution in [3.8, 4) is 0 Å². The fourth-order valence-corrected chi connectivity index (χ4v) is 3.38. The molecule has 21 heavy (non-hydrogen) atoms. The first-order chi connectivity index (χ1) is 10.1. The number of hydrogen-bond donors (Lipinski definition) is 1. The molecule has 1 aromatic rings. The zero-order chi connectivity index (χ0) is 15.2. The fourth-order valence-electron chi connectivity index (χ4n) is 2.64. The standard InChI is InChI=1S/C15H26N4OS/c1-4-14-17-13(11-21-14)10-18-5-7-19(8-6-18)15(20)12(2)9-16-3/h11-12,16H,4-10H2,1-3H3. The first-order valence-corrected chi connectivity index (χ1v) is 8.61. The lowest BCUT2D eigenvalue weighted by Gasteiger charge is -2.35. The van der Waals surface area contributed by atoms with E-state index in [1.807, 2.05) is 18.9 Å². The van der Waals surface area contributed by atoms with Crippen LogP contribution in [0.15, 0.2) is 5.38 Å². The molecule has 0 saturated carbocycles. The molecule has 118 valence electrons. The van der Waals surface area contributed by atoms with Gasteiger partial charge in [0.25, 0.3) is 0 Å². The van der Waals surface area contributed by atoms with E-state index in [2.05, 4.69) is 27.5 Å². The van der Waals surface area contributed by atoms with E-state index < -0.39 is 0 Å². The second kappa shape index (κ2) is 7.87. The van der Waals surface area contributed by atoms with Gasteiger partial charge >= 0.3 is 0 Å². The second-order valence-electron chi connectivity index (χ2n) is 5.65. The van der Waals surface area contributed by atoms with Gasteiger partial charge in [-0.15, -0.1) is 11.3 Å². The van der Waals surface area contributed by atoms with Crippen molar-refractivity contribution in [1.82, 2.24) is 20.1 Å². The first kappa shape index (κ1) is 16.4. The molecule has 1 aliphatic heterocycles. The summed E-state index contributed by atoms with van der Waals surface area (Å²) in [5, 5.41) is 6.44. The number of rotatable bonds is 6. The number of piperazine rings is 1. The molecule has 1 aliphatic rings. The van der Waals surface area contributed by atoms with Crippen molar-refractivity contribution < 1.29 is 4.79 Å². The van der Waals surface area contributed by atoms with Crippen LogP contribution in [0.3, 0.4) is 0 Å². The number of nitrogens with one attached hydrogen (secondary N) is 1. The van der Waals surface area contributed by atoms with Crippen molar-refractivity contribution in [3.05, 3.63) is 16.1 Å². The average Bonchev–Trinajstić information content (AvgIpc) is 2.95. The summed E-state index contributed by atoms with van der Waals surface area (Å²) in [5.74, 6) is 0.332. The molecule has 0 aromatic carbocycles. The molecule has 1 unspecified atom stereocenters. The minimum Gasteiger partial charge on any atom is -0.340 e. The van der Waals surface area contributed by atoms with Crippen LogP contribution in [-0.4, -0.2) is 60.5 Å². The van der Waals surface area contributed by atoms with E-state index >= 15 is 0 Å². The molecule has 1 fully saturated rings. The molecule has 0 spiro atoms. The first-order valence-electron chi connectivity index (χ1n) is 7.73. The van der Waals surface area contributed by atoms with Gasteiger partial charge in [0, 0.05) is 50.6 Å². The van der Waals surface area contributed by atoms with Crippen molar-refractivity contribution in [1.29, 1.82) is 0 Å². The van der Waals surface area contributed by atoms with Gasteiger partial charge in [-0.1, -0.05) is 13.8 Å². The van der Waals surface area contributed by atoms with Gasteiger partial charge in [-0.25, -0.2) is 4.98 Å². The SMILES string of the molecule is CCc1nc(CN2CCN(C(=O)C(C)CNC)CC2)cs1. The normalized spacial score (nSPS) is 18.0. The van der Waals surface area contributed by atoms with Crippen molar-refractivity contribution >= 4 is 17.2 Å². The molecule has 2 heterocycles. The highest BCUT2D eigenvalue weighted by atomic mass is 32.1. The second-order valence-corrected chi connectivity index (χ2v) is 6.59.